The predicted octanol–water partition coefficient (Wildman–Crippen LogP) is 1.00. The van der Waals surface area contributed by atoms with Crippen molar-refractivity contribution in [1.82, 2.24) is 0 Å². The Hall–Kier alpha value is -0.370. The van der Waals surface area contributed by atoms with Crippen molar-refractivity contribution in [1.29, 1.82) is 0 Å². The van der Waals surface area contributed by atoms with Gasteiger partial charge in [0.15, 0.2) is 0 Å². The molecule has 1 aliphatic rings. The van der Waals surface area contributed by atoms with Crippen LogP contribution in [0.1, 0.15) is 19.8 Å². The highest BCUT2D eigenvalue weighted by Crippen LogP contribution is 2.39. The van der Waals surface area contributed by atoms with E-state index in [1.807, 2.05) is 6.92 Å². The molecule has 0 aromatic carbocycles. The molecule has 0 aromatic heterocycles. The van der Waals surface area contributed by atoms with E-state index in [4.69, 9.17) is 4.74 Å². The number of aldehydes is 1. The lowest BCUT2D eigenvalue weighted by Crippen LogP contribution is -2.40. The largest absolute Gasteiger partial charge is 0.381 e. The summed E-state index contributed by atoms with van der Waals surface area (Å²) in [5.41, 5.74) is -0.0688. The summed E-state index contributed by atoms with van der Waals surface area (Å²) in [6.07, 6.45) is 3.16. The fraction of sp³-hybridized carbons (Fsp3) is 0.857. The average molecular weight is 128 g/mol. The molecule has 0 aromatic rings. The van der Waals surface area contributed by atoms with Crippen molar-refractivity contribution in [2.75, 3.05) is 7.11 Å². The van der Waals surface area contributed by atoms with Gasteiger partial charge in [-0.3, -0.25) is 0 Å². The zero-order chi connectivity index (χ0) is 6.91. The molecule has 2 heteroatoms. The van der Waals surface area contributed by atoms with E-state index in [1.54, 1.807) is 7.11 Å². The van der Waals surface area contributed by atoms with Crippen molar-refractivity contribution in [3.05, 3.63) is 0 Å². The van der Waals surface area contributed by atoms with E-state index >= 15 is 0 Å². The summed E-state index contributed by atoms with van der Waals surface area (Å²) in [7, 11) is 1.69. The number of methoxy groups -OCH3 is 1. The third kappa shape index (κ3) is 1.13. The summed E-state index contributed by atoms with van der Waals surface area (Å²) >= 11 is 0. The molecule has 0 heterocycles. The van der Waals surface area contributed by atoms with Crippen LogP contribution in [-0.2, 0) is 9.53 Å². The minimum absolute atomic E-state index is 0.0688. The minimum atomic E-state index is -0.0688. The molecule has 1 fully saturated rings. The van der Waals surface area contributed by atoms with E-state index in [-0.39, 0.29) is 5.41 Å². The molecule has 0 amide bonds. The fourth-order valence-electron chi connectivity index (χ4n) is 1.24. The molecule has 0 radical (unpaired) electrons. The normalized spacial score (nSPS) is 41.8. The number of hydrogen-bond acceptors (Lipinski definition) is 2. The number of carbonyl (C=O) groups excluding carboxylic acids is 1. The Bertz CT molecular complexity index is 114. The van der Waals surface area contributed by atoms with Crippen LogP contribution in [0.4, 0.5) is 0 Å². The van der Waals surface area contributed by atoms with Gasteiger partial charge in [0.25, 0.3) is 0 Å². The zero-order valence-electron chi connectivity index (χ0n) is 5.89. The second-order valence-corrected chi connectivity index (χ2v) is 3.04. The molecule has 0 N–H and O–H groups in total. The minimum Gasteiger partial charge on any atom is -0.381 e. The van der Waals surface area contributed by atoms with Crippen molar-refractivity contribution >= 4 is 6.29 Å². The number of hydrogen-bond donors (Lipinski definition) is 0. The molecular weight excluding hydrogens is 116 g/mol. The van der Waals surface area contributed by atoms with Gasteiger partial charge in [0, 0.05) is 12.5 Å². The highest BCUT2D eigenvalue weighted by atomic mass is 16.5. The van der Waals surface area contributed by atoms with Gasteiger partial charge in [0.05, 0.1) is 6.10 Å². The molecule has 9 heavy (non-hydrogen) atoms. The summed E-state index contributed by atoms with van der Waals surface area (Å²) < 4.78 is 5.02. The molecule has 0 bridgehead atoms. The molecule has 0 unspecified atom stereocenters. The summed E-state index contributed by atoms with van der Waals surface area (Å²) in [5.74, 6) is 0. The van der Waals surface area contributed by atoms with Gasteiger partial charge in [-0.25, -0.2) is 0 Å². The molecule has 1 saturated carbocycles. The molecule has 52 valence electrons. The SMILES string of the molecule is COC1CC(C)(C=O)C1. The second-order valence-electron chi connectivity index (χ2n) is 3.04. The summed E-state index contributed by atoms with van der Waals surface area (Å²) in [6.45, 7) is 1.97. The Labute approximate surface area is 55.2 Å². The Kier molecular flexibility index (Phi) is 1.58. The van der Waals surface area contributed by atoms with E-state index in [9.17, 15) is 4.79 Å². The van der Waals surface area contributed by atoms with E-state index < -0.39 is 0 Å². The van der Waals surface area contributed by atoms with E-state index in [0.29, 0.717) is 6.10 Å². The number of rotatable bonds is 2. The first-order chi connectivity index (χ1) is 4.20. The maximum Gasteiger partial charge on any atom is 0.126 e. The quantitative estimate of drug-likeness (QED) is 0.518. The second kappa shape index (κ2) is 2.10. The number of carbonyl (C=O) groups is 1. The number of ether oxygens (including phenoxy) is 1. The third-order valence-corrected chi connectivity index (χ3v) is 2.01. The highest BCUT2D eigenvalue weighted by molar-refractivity contribution is 5.60. The van der Waals surface area contributed by atoms with Crippen LogP contribution in [0.25, 0.3) is 0 Å². The van der Waals surface area contributed by atoms with Crippen LogP contribution in [0.3, 0.4) is 0 Å². The van der Waals surface area contributed by atoms with Crippen LogP contribution >= 0.6 is 0 Å². The van der Waals surface area contributed by atoms with Crippen LogP contribution in [0.15, 0.2) is 0 Å². The maximum atomic E-state index is 10.3. The van der Waals surface area contributed by atoms with Crippen molar-refractivity contribution in [2.45, 2.75) is 25.9 Å². The van der Waals surface area contributed by atoms with Gasteiger partial charge in [-0.15, -0.1) is 0 Å². The standard InChI is InChI=1S/C7H12O2/c1-7(5-8)3-6(4-7)9-2/h5-6H,3-4H2,1-2H3. The van der Waals surface area contributed by atoms with Gasteiger partial charge in [-0.1, -0.05) is 6.92 Å². The lowest BCUT2D eigenvalue weighted by molar-refractivity contribution is -0.128. The predicted molar refractivity (Wildman–Crippen MR) is 34.2 cm³/mol. The average Bonchev–Trinajstić information content (AvgIpc) is 1.81. The van der Waals surface area contributed by atoms with Gasteiger partial charge in [-0.05, 0) is 12.8 Å². The first kappa shape index (κ1) is 6.75. The fourth-order valence-corrected chi connectivity index (χ4v) is 1.24. The molecule has 1 aliphatic carbocycles. The lowest BCUT2D eigenvalue weighted by Gasteiger charge is -2.39. The van der Waals surface area contributed by atoms with Crippen molar-refractivity contribution in [2.24, 2.45) is 5.41 Å². The molecule has 0 aliphatic heterocycles. The Morgan fingerprint density at radius 1 is 1.67 bits per heavy atom. The molecule has 0 saturated heterocycles. The monoisotopic (exact) mass is 128 g/mol. The van der Waals surface area contributed by atoms with Crippen molar-refractivity contribution in [3.63, 3.8) is 0 Å². The maximum absolute atomic E-state index is 10.3. The molecular formula is C7H12O2. The van der Waals surface area contributed by atoms with Crippen LogP contribution in [-0.4, -0.2) is 19.5 Å². The lowest BCUT2D eigenvalue weighted by atomic mass is 9.69. The summed E-state index contributed by atoms with van der Waals surface area (Å²) in [4.78, 5) is 10.3. The summed E-state index contributed by atoms with van der Waals surface area (Å²) in [6, 6.07) is 0. The van der Waals surface area contributed by atoms with Gasteiger partial charge < -0.3 is 9.53 Å². The third-order valence-electron chi connectivity index (χ3n) is 2.01. The van der Waals surface area contributed by atoms with Crippen LogP contribution in [0.2, 0.25) is 0 Å². The first-order valence-electron chi connectivity index (χ1n) is 3.19. The Morgan fingerprint density at radius 2 is 2.22 bits per heavy atom. The Morgan fingerprint density at radius 3 is 2.56 bits per heavy atom. The molecule has 0 spiro atoms. The molecule has 0 atom stereocenters. The van der Waals surface area contributed by atoms with Crippen molar-refractivity contribution in [3.8, 4) is 0 Å². The van der Waals surface area contributed by atoms with E-state index in [2.05, 4.69) is 0 Å². The van der Waals surface area contributed by atoms with Crippen LogP contribution in [0.5, 0.6) is 0 Å². The highest BCUT2D eigenvalue weighted by Gasteiger charge is 2.40. The van der Waals surface area contributed by atoms with Crippen LogP contribution in [0, 0.1) is 5.41 Å². The van der Waals surface area contributed by atoms with Gasteiger partial charge in [-0.2, -0.15) is 0 Å². The van der Waals surface area contributed by atoms with Gasteiger partial charge in [0.2, 0.25) is 0 Å². The Balaban J connectivity index is 2.32. The van der Waals surface area contributed by atoms with Crippen LogP contribution < -0.4 is 0 Å². The van der Waals surface area contributed by atoms with E-state index in [0.717, 1.165) is 19.1 Å². The topological polar surface area (TPSA) is 26.3 Å². The molecule has 2 nitrogen and oxygen atoms in total. The first-order valence-corrected chi connectivity index (χ1v) is 3.19. The van der Waals surface area contributed by atoms with Gasteiger partial charge >= 0.3 is 0 Å². The molecule has 1 rings (SSSR count). The summed E-state index contributed by atoms with van der Waals surface area (Å²) in [5, 5.41) is 0. The smallest absolute Gasteiger partial charge is 0.126 e. The zero-order valence-corrected chi connectivity index (χ0v) is 5.89. The van der Waals surface area contributed by atoms with Crippen molar-refractivity contribution < 1.29 is 9.53 Å². The van der Waals surface area contributed by atoms with E-state index in [1.165, 1.54) is 0 Å². The van der Waals surface area contributed by atoms with Gasteiger partial charge in [0.1, 0.15) is 6.29 Å².